The summed E-state index contributed by atoms with van der Waals surface area (Å²) in [5.41, 5.74) is 5.60. The Bertz CT molecular complexity index is 241. The molecule has 88 valence electrons. The molecule has 0 aromatic heterocycles. The molecule has 0 aromatic carbocycles. The lowest BCUT2D eigenvalue weighted by molar-refractivity contribution is -0.134. The Hall–Kier alpha value is -0.640. The monoisotopic (exact) mass is 230 g/mol. The zero-order valence-corrected chi connectivity index (χ0v) is 11.1. The van der Waals surface area contributed by atoms with Crippen LogP contribution >= 0.6 is 12.2 Å². The number of hydrogen-bond acceptors (Lipinski definition) is 2. The fourth-order valence-corrected chi connectivity index (χ4v) is 1.82. The number of carbonyl (C=O) groups excluding carboxylic acids is 1. The lowest BCUT2D eigenvalue weighted by Crippen LogP contribution is -2.45. The van der Waals surface area contributed by atoms with Crippen molar-refractivity contribution in [1.82, 2.24) is 4.90 Å². The molecule has 2 unspecified atom stereocenters. The van der Waals surface area contributed by atoms with E-state index in [2.05, 4.69) is 6.92 Å². The van der Waals surface area contributed by atoms with Gasteiger partial charge in [0.15, 0.2) is 0 Å². The molecule has 15 heavy (non-hydrogen) atoms. The van der Waals surface area contributed by atoms with Crippen LogP contribution in [0.25, 0.3) is 0 Å². The van der Waals surface area contributed by atoms with Crippen LogP contribution in [0.15, 0.2) is 0 Å². The fraction of sp³-hybridized carbons (Fsp3) is 0.818. The summed E-state index contributed by atoms with van der Waals surface area (Å²) < 4.78 is 0. The van der Waals surface area contributed by atoms with E-state index in [9.17, 15) is 4.79 Å². The molecule has 3 nitrogen and oxygen atoms in total. The lowest BCUT2D eigenvalue weighted by Gasteiger charge is -2.29. The second-order valence-electron chi connectivity index (χ2n) is 4.33. The van der Waals surface area contributed by atoms with Crippen molar-refractivity contribution in [2.75, 3.05) is 7.05 Å². The van der Waals surface area contributed by atoms with Crippen molar-refractivity contribution in [2.24, 2.45) is 17.6 Å². The van der Waals surface area contributed by atoms with Gasteiger partial charge in [-0.3, -0.25) is 4.79 Å². The van der Waals surface area contributed by atoms with E-state index in [4.69, 9.17) is 18.0 Å². The predicted molar refractivity (Wildman–Crippen MR) is 67.6 cm³/mol. The zero-order chi connectivity index (χ0) is 12.2. The largest absolute Gasteiger partial charge is 0.393 e. The van der Waals surface area contributed by atoms with E-state index in [1.165, 1.54) is 0 Å². The van der Waals surface area contributed by atoms with Gasteiger partial charge in [-0.05, 0) is 19.3 Å². The average molecular weight is 230 g/mol. The van der Waals surface area contributed by atoms with Crippen molar-refractivity contribution in [3.8, 4) is 0 Å². The van der Waals surface area contributed by atoms with E-state index in [-0.39, 0.29) is 23.8 Å². The van der Waals surface area contributed by atoms with Crippen LogP contribution in [0.5, 0.6) is 0 Å². The molecule has 0 aromatic rings. The minimum absolute atomic E-state index is 0.0341. The van der Waals surface area contributed by atoms with Gasteiger partial charge in [0.2, 0.25) is 5.91 Å². The number of thiocarbonyl (C=S) groups is 1. The van der Waals surface area contributed by atoms with Gasteiger partial charge in [-0.1, -0.05) is 33.0 Å². The Morgan fingerprint density at radius 2 is 1.87 bits per heavy atom. The summed E-state index contributed by atoms with van der Waals surface area (Å²) in [4.78, 5) is 14.1. The van der Waals surface area contributed by atoms with E-state index in [0.717, 1.165) is 6.42 Å². The summed E-state index contributed by atoms with van der Waals surface area (Å²) in [6.45, 7) is 8.01. The molecule has 0 aliphatic rings. The molecule has 0 rings (SSSR count). The van der Waals surface area contributed by atoms with Gasteiger partial charge in [0, 0.05) is 13.1 Å². The minimum Gasteiger partial charge on any atom is -0.393 e. The van der Waals surface area contributed by atoms with Crippen molar-refractivity contribution >= 4 is 23.1 Å². The number of carbonyl (C=O) groups is 1. The van der Waals surface area contributed by atoms with Gasteiger partial charge in [-0.15, -0.1) is 0 Å². The number of amides is 1. The summed E-state index contributed by atoms with van der Waals surface area (Å²) in [5, 5.41) is 0. The molecular weight excluding hydrogens is 208 g/mol. The first-order valence-corrected chi connectivity index (χ1v) is 5.79. The van der Waals surface area contributed by atoms with Crippen molar-refractivity contribution in [1.29, 1.82) is 0 Å². The molecule has 2 atom stereocenters. The average Bonchev–Trinajstić information content (AvgIpc) is 2.14. The van der Waals surface area contributed by atoms with Crippen LogP contribution in [0.3, 0.4) is 0 Å². The third kappa shape index (κ3) is 3.78. The Morgan fingerprint density at radius 1 is 1.40 bits per heavy atom. The Labute approximate surface area is 98.0 Å². The van der Waals surface area contributed by atoms with Gasteiger partial charge in [0.05, 0.1) is 10.9 Å². The molecule has 0 aliphatic carbocycles. The van der Waals surface area contributed by atoms with Crippen LogP contribution in [0.1, 0.15) is 34.1 Å². The van der Waals surface area contributed by atoms with E-state index < -0.39 is 0 Å². The number of hydrogen-bond donors (Lipinski definition) is 1. The van der Waals surface area contributed by atoms with E-state index in [0.29, 0.717) is 4.99 Å². The third-order valence-electron chi connectivity index (χ3n) is 2.84. The maximum Gasteiger partial charge on any atom is 0.232 e. The minimum atomic E-state index is -0.334. The normalized spacial score (nSPS) is 14.8. The molecule has 0 radical (unpaired) electrons. The topological polar surface area (TPSA) is 46.3 Å². The quantitative estimate of drug-likeness (QED) is 0.733. The fourth-order valence-electron chi connectivity index (χ4n) is 1.45. The van der Waals surface area contributed by atoms with Gasteiger partial charge < -0.3 is 10.6 Å². The first-order chi connectivity index (χ1) is 6.82. The molecule has 0 heterocycles. The molecule has 4 heteroatoms. The molecular formula is C11H22N2OS. The smallest absolute Gasteiger partial charge is 0.232 e. The van der Waals surface area contributed by atoms with Crippen molar-refractivity contribution in [3.63, 3.8) is 0 Å². The van der Waals surface area contributed by atoms with E-state index >= 15 is 0 Å². The molecule has 0 bridgehead atoms. The zero-order valence-electron chi connectivity index (χ0n) is 10.3. The highest BCUT2D eigenvalue weighted by Gasteiger charge is 2.29. The molecule has 0 aliphatic heterocycles. The maximum atomic E-state index is 12.1. The highest BCUT2D eigenvalue weighted by molar-refractivity contribution is 7.80. The van der Waals surface area contributed by atoms with E-state index in [1.807, 2.05) is 27.8 Å². The Balaban J connectivity index is 4.72. The number of nitrogens with zero attached hydrogens (tertiary/aromatic N) is 1. The maximum absolute atomic E-state index is 12.1. The second kappa shape index (κ2) is 6.05. The van der Waals surface area contributed by atoms with Crippen molar-refractivity contribution < 1.29 is 4.79 Å². The van der Waals surface area contributed by atoms with Gasteiger partial charge in [-0.2, -0.15) is 0 Å². The van der Waals surface area contributed by atoms with Crippen LogP contribution < -0.4 is 5.73 Å². The highest BCUT2D eigenvalue weighted by atomic mass is 32.1. The van der Waals surface area contributed by atoms with Crippen LogP contribution in [0.4, 0.5) is 0 Å². The highest BCUT2D eigenvalue weighted by Crippen LogP contribution is 2.16. The van der Waals surface area contributed by atoms with Crippen molar-refractivity contribution in [3.05, 3.63) is 0 Å². The molecule has 1 amide bonds. The second-order valence-corrected chi connectivity index (χ2v) is 4.80. The molecule has 0 fully saturated rings. The summed E-state index contributed by atoms with van der Waals surface area (Å²) >= 11 is 4.94. The van der Waals surface area contributed by atoms with Crippen LogP contribution in [0.2, 0.25) is 0 Å². The Kier molecular flexibility index (Phi) is 5.80. The molecule has 0 spiro atoms. The first kappa shape index (κ1) is 14.4. The van der Waals surface area contributed by atoms with Gasteiger partial charge >= 0.3 is 0 Å². The van der Waals surface area contributed by atoms with Crippen LogP contribution in [-0.4, -0.2) is 28.9 Å². The van der Waals surface area contributed by atoms with Gasteiger partial charge in [0.1, 0.15) is 0 Å². The first-order valence-electron chi connectivity index (χ1n) is 5.38. The third-order valence-corrected chi connectivity index (χ3v) is 3.09. The SMILES string of the molecule is CCC(C)N(C)C(=O)C(C(N)=S)C(C)C. The molecule has 0 saturated carbocycles. The summed E-state index contributed by atoms with van der Waals surface area (Å²) in [5.74, 6) is -0.146. The molecule has 0 saturated heterocycles. The molecule has 2 N–H and O–H groups in total. The van der Waals surface area contributed by atoms with Crippen LogP contribution in [0, 0.1) is 11.8 Å². The summed E-state index contributed by atoms with van der Waals surface area (Å²) in [6, 6.07) is 0.230. The van der Waals surface area contributed by atoms with Crippen molar-refractivity contribution in [2.45, 2.75) is 40.2 Å². The van der Waals surface area contributed by atoms with Crippen LogP contribution in [-0.2, 0) is 4.79 Å². The summed E-state index contributed by atoms with van der Waals surface area (Å²) in [6.07, 6.45) is 0.935. The number of nitrogens with two attached hydrogens (primary N) is 1. The van der Waals surface area contributed by atoms with Gasteiger partial charge in [0.25, 0.3) is 0 Å². The number of rotatable bonds is 5. The Morgan fingerprint density at radius 3 is 2.13 bits per heavy atom. The van der Waals surface area contributed by atoms with Gasteiger partial charge in [-0.25, -0.2) is 0 Å². The van der Waals surface area contributed by atoms with E-state index in [1.54, 1.807) is 4.90 Å². The predicted octanol–water partition coefficient (Wildman–Crippen LogP) is 1.80. The lowest BCUT2D eigenvalue weighted by atomic mass is 9.94. The standard InChI is InChI=1S/C11H22N2OS/c1-6-8(4)13(5)11(14)9(7(2)3)10(12)15/h7-9H,6H2,1-5H3,(H2,12,15). The summed E-state index contributed by atoms with van der Waals surface area (Å²) in [7, 11) is 1.81.